The van der Waals surface area contributed by atoms with Crippen LogP contribution in [0, 0.1) is 0 Å². The largest absolute Gasteiger partial charge is 0.459 e. The SMILES string of the molecule is CN=C(NCCc1cccc(C(=O)NC)c1)NC(C)c1cc2ccccc2o1.I. The first kappa shape index (κ1) is 22.7. The molecule has 6 nitrogen and oxygen atoms in total. The van der Waals surface area contributed by atoms with E-state index in [1.165, 1.54) is 0 Å². The molecule has 3 aromatic rings. The van der Waals surface area contributed by atoms with E-state index in [4.69, 9.17) is 4.42 Å². The Labute approximate surface area is 188 Å². The molecule has 1 aromatic heterocycles. The second-order valence-corrected chi connectivity index (χ2v) is 6.58. The van der Waals surface area contributed by atoms with E-state index < -0.39 is 0 Å². The Morgan fingerprint density at radius 1 is 1.14 bits per heavy atom. The zero-order valence-electron chi connectivity index (χ0n) is 16.9. The van der Waals surface area contributed by atoms with Crippen LogP contribution < -0.4 is 16.0 Å². The van der Waals surface area contributed by atoms with Crippen molar-refractivity contribution in [1.82, 2.24) is 16.0 Å². The van der Waals surface area contributed by atoms with Gasteiger partial charge < -0.3 is 20.4 Å². The molecule has 0 aliphatic rings. The second kappa shape index (κ2) is 10.8. The van der Waals surface area contributed by atoms with Gasteiger partial charge in [0.1, 0.15) is 11.3 Å². The lowest BCUT2D eigenvalue weighted by Crippen LogP contribution is -2.39. The first-order chi connectivity index (χ1) is 13.6. The number of carbonyl (C=O) groups is 1. The summed E-state index contributed by atoms with van der Waals surface area (Å²) in [5.41, 5.74) is 2.64. The van der Waals surface area contributed by atoms with Gasteiger partial charge in [0.2, 0.25) is 0 Å². The number of hydrogen-bond donors (Lipinski definition) is 3. The van der Waals surface area contributed by atoms with Crippen molar-refractivity contribution in [3.63, 3.8) is 0 Å². The topological polar surface area (TPSA) is 78.7 Å². The maximum absolute atomic E-state index is 11.7. The summed E-state index contributed by atoms with van der Waals surface area (Å²) in [5, 5.41) is 10.4. The molecule has 0 bridgehead atoms. The summed E-state index contributed by atoms with van der Waals surface area (Å²) in [6.07, 6.45) is 0.782. The molecular weight excluding hydrogens is 479 g/mol. The fraction of sp³-hybridized carbons (Fsp3) is 0.273. The van der Waals surface area contributed by atoms with Crippen molar-refractivity contribution >= 4 is 46.8 Å². The third kappa shape index (κ3) is 5.96. The number of rotatable bonds is 6. The summed E-state index contributed by atoms with van der Waals surface area (Å²) in [4.78, 5) is 16.0. The Hall–Kier alpha value is -2.55. The predicted molar refractivity (Wildman–Crippen MR) is 128 cm³/mol. The fourth-order valence-electron chi connectivity index (χ4n) is 3.02. The van der Waals surface area contributed by atoms with E-state index in [1.54, 1.807) is 14.1 Å². The smallest absolute Gasteiger partial charge is 0.251 e. The Kier molecular flexibility index (Phi) is 8.50. The number of aliphatic imine (C=N–C) groups is 1. The van der Waals surface area contributed by atoms with E-state index in [9.17, 15) is 4.79 Å². The molecule has 0 aliphatic carbocycles. The van der Waals surface area contributed by atoms with Crippen molar-refractivity contribution in [1.29, 1.82) is 0 Å². The number of amides is 1. The molecule has 1 atom stereocenters. The van der Waals surface area contributed by atoms with Gasteiger partial charge in [0, 0.05) is 31.6 Å². The highest BCUT2D eigenvalue weighted by Crippen LogP contribution is 2.23. The Balaban J connectivity index is 0.00000300. The van der Waals surface area contributed by atoms with Crippen molar-refractivity contribution in [3.05, 3.63) is 71.5 Å². The molecule has 0 saturated carbocycles. The summed E-state index contributed by atoms with van der Waals surface area (Å²) < 4.78 is 5.91. The number of furan rings is 1. The molecule has 29 heavy (non-hydrogen) atoms. The normalized spacial score (nSPS) is 12.2. The van der Waals surface area contributed by atoms with Crippen LogP contribution >= 0.6 is 24.0 Å². The Bertz CT molecular complexity index is 951. The molecule has 3 rings (SSSR count). The van der Waals surface area contributed by atoms with Crippen molar-refractivity contribution in [2.75, 3.05) is 20.6 Å². The van der Waals surface area contributed by atoms with E-state index in [0.717, 1.165) is 28.7 Å². The summed E-state index contributed by atoms with van der Waals surface area (Å²) in [5.74, 6) is 1.49. The van der Waals surface area contributed by atoms with Crippen LogP contribution in [-0.4, -0.2) is 32.5 Å². The number of nitrogens with one attached hydrogen (secondary N) is 3. The number of carbonyl (C=O) groups excluding carboxylic acids is 1. The van der Waals surface area contributed by atoms with Crippen LogP contribution in [0.4, 0.5) is 0 Å². The van der Waals surface area contributed by atoms with Crippen molar-refractivity contribution in [3.8, 4) is 0 Å². The van der Waals surface area contributed by atoms with Crippen molar-refractivity contribution in [2.24, 2.45) is 4.99 Å². The van der Waals surface area contributed by atoms with Gasteiger partial charge in [-0.05, 0) is 43.2 Å². The maximum atomic E-state index is 11.7. The van der Waals surface area contributed by atoms with Gasteiger partial charge in [-0.25, -0.2) is 0 Å². The van der Waals surface area contributed by atoms with Crippen LogP contribution in [0.3, 0.4) is 0 Å². The zero-order chi connectivity index (χ0) is 19.9. The molecule has 0 aliphatic heterocycles. The zero-order valence-corrected chi connectivity index (χ0v) is 19.2. The van der Waals surface area contributed by atoms with Gasteiger partial charge in [0.05, 0.1) is 6.04 Å². The molecule has 0 spiro atoms. The van der Waals surface area contributed by atoms with Gasteiger partial charge in [-0.3, -0.25) is 9.79 Å². The molecule has 154 valence electrons. The minimum absolute atomic E-state index is 0. The molecule has 1 heterocycles. The van der Waals surface area contributed by atoms with Crippen molar-refractivity contribution in [2.45, 2.75) is 19.4 Å². The monoisotopic (exact) mass is 506 g/mol. The lowest BCUT2D eigenvalue weighted by Gasteiger charge is -2.16. The predicted octanol–water partition coefficient (Wildman–Crippen LogP) is 3.88. The molecule has 1 amide bonds. The molecule has 3 N–H and O–H groups in total. The van der Waals surface area contributed by atoms with E-state index >= 15 is 0 Å². The highest BCUT2D eigenvalue weighted by atomic mass is 127. The highest BCUT2D eigenvalue weighted by Gasteiger charge is 2.13. The van der Waals surface area contributed by atoms with Crippen LogP contribution in [0.25, 0.3) is 11.0 Å². The maximum Gasteiger partial charge on any atom is 0.251 e. The first-order valence-corrected chi connectivity index (χ1v) is 9.37. The second-order valence-electron chi connectivity index (χ2n) is 6.58. The van der Waals surface area contributed by atoms with Crippen LogP contribution in [0.15, 0.2) is 64.0 Å². The minimum atomic E-state index is -0.0769. The summed E-state index contributed by atoms with van der Waals surface area (Å²) in [7, 11) is 3.38. The average Bonchev–Trinajstić information content (AvgIpc) is 3.17. The lowest BCUT2D eigenvalue weighted by molar-refractivity contribution is 0.0963. The molecule has 2 aromatic carbocycles. The number of guanidine groups is 1. The van der Waals surface area contributed by atoms with E-state index in [0.29, 0.717) is 18.1 Å². The fourth-order valence-corrected chi connectivity index (χ4v) is 3.02. The van der Waals surface area contributed by atoms with Gasteiger partial charge in [0.25, 0.3) is 5.91 Å². The molecule has 0 radical (unpaired) electrons. The van der Waals surface area contributed by atoms with Crippen LogP contribution in [0.1, 0.15) is 34.6 Å². The lowest BCUT2D eigenvalue weighted by atomic mass is 10.1. The average molecular weight is 506 g/mol. The quantitative estimate of drug-likeness (QED) is 0.270. The Morgan fingerprint density at radius 3 is 2.66 bits per heavy atom. The molecule has 0 fully saturated rings. The van der Waals surface area contributed by atoms with Gasteiger partial charge in [-0.15, -0.1) is 24.0 Å². The van der Waals surface area contributed by atoms with Gasteiger partial charge in [-0.1, -0.05) is 30.3 Å². The number of hydrogen-bond acceptors (Lipinski definition) is 3. The minimum Gasteiger partial charge on any atom is -0.459 e. The molecule has 1 unspecified atom stereocenters. The number of halogens is 1. The van der Waals surface area contributed by atoms with Gasteiger partial charge >= 0.3 is 0 Å². The molecular formula is C22H27IN4O2. The Morgan fingerprint density at radius 2 is 1.93 bits per heavy atom. The van der Waals surface area contributed by atoms with Gasteiger partial charge in [0.15, 0.2) is 5.96 Å². The van der Waals surface area contributed by atoms with Crippen molar-refractivity contribution < 1.29 is 9.21 Å². The standard InChI is InChI=1S/C22H26N4O2.HI/c1-15(20-14-17-8-4-5-10-19(17)28-20)26-22(24-3)25-12-11-16-7-6-9-18(13-16)21(27)23-2;/h4-10,13-15H,11-12H2,1-3H3,(H,23,27)(H2,24,25,26);1H. The molecule has 7 heteroatoms. The summed E-state index contributed by atoms with van der Waals surface area (Å²) in [6, 6.07) is 17.6. The number of fused-ring (bicyclic) bond motifs is 1. The third-order valence-electron chi connectivity index (χ3n) is 4.57. The van der Waals surface area contributed by atoms with E-state index in [2.05, 4.69) is 20.9 Å². The van der Waals surface area contributed by atoms with E-state index in [-0.39, 0.29) is 35.9 Å². The molecule has 0 saturated heterocycles. The third-order valence-corrected chi connectivity index (χ3v) is 4.57. The summed E-state index contributed by atoms with van der Waals surface area (Å²) >= 11 is 0. The highest BCUT2D eigenvalue weighted by molar-refractivity contribution is 14.0. The van der Waals surface area contributed by atoms with Crippen LogP contribution in [0.2, 0.25) is 0 Å². The van der Waals surface area contributed by atoms with Crippen LogP contribution in [0.5, 0.6) is 0 Å². The van der Waals surface area contributed by atoms with Gasteiger partial charge in [-0.2, -0.15) is 0 Å². The number of para-hydroxylation sites is 1. The van der Waals surface area contributed by atoms with E-state index in [1.807, 2.05) is 61.5 Å². The number of benzene rings is 2. The first-order valence-electron chi connectivity index (χ1n) is 9.37. The summed E-state index contributed by atoms with van der Waals surface area (Å²) in [6.45, 7) is 2.74. The van der Waals surface area contributed by atoms with Crippen LogP contribution in [-0.2, 0) is 6.42 Å². The number of nitrogens with zero attached hydrogens (tertiary/aromatic N) is 1.